The van der Waals surface area contributed by atoms with E-state index in [0.717, 1.165) is 11.1 Å². The molecular weight excluding hydrogens is 366 g/mol. The number of allylic oxidation sites excluding steroid dienone is 1. The predicted molar refractivity (Wildman–Crippen MR) is 106 cm³/mol. The molecule has 0 spiro atoms. The van der Waals surface area contributed by atoms with Crippen LogP contribution in [0.25, 0.3) is 0 Å². The number of ether oxygens (including phenoxy) is 1. The largest absolute Gasteiger partial charge is 0.491 e. The molecule has 1 aliphatic rings. The normalized spacial score (nSPS) is 17.9. The van der Waals surface area contributed by atoms with Crippen LogP contribution in [0.3, 0.4) is 0 Å². The fourth-order valence-electron chi connectivity index (χ4n) is 3.20. The van der Waals surface area contributed by atoms with Crippen molar-refractivity contribution in [2.24, 2.45) is 10.8 Å². The van der Waals surface area contributed by atoms with Crippen LogP contribution >= 0.6 is 11.6 Å². The number of aliphatic carboxylic acids is 1. The van der Waals surface area contributed by atoms with Gasteiger partial charge < -0.3 is 15.2 Å². The molecule has 0 saturated carbocycles. The number of carbonyl (C=O) groups is 2. The lowest BCUT2D eigenvalue weighted by atomic mass is 9.71. The van der Waals surface area contributed by atoms with Gasteiger partial charge in [0, 0.05) is 18.5 Å². The predicted octanol–water partition coefficient (Wildman–Crippen LogP) is 4.75. The summed E-state index contributed by atoms with van der Waals surface area (Å²) in [6, 6.07) is 5.53. The molecule has 0 aliphatic carbocycles. The Bertz CT molecular complexity index is 762. The molecule has 1 unspecified atom stereocenters. The maximum atomic E-state index is 12.0. The number of hydrogen-bond acceptors (Lipinski definition) is 3. The fraction of sp³-hybridized carbons (Fsp3) is 0.524. The van der Waals surface area contributed by atoms with Crippen LogP contribution in [0.1, 0.15) is 58.9 Å². The van der Waals surface area contributed by atoms with E-state index in [1.54, 1.807) is 6.20 Å². The number of amides is 1. The highest BCUT2D eigenvalue weighted by molar-refractivity contribution is 6.32. The summed E-state index contributed by atoms with van der Waals surface area (Å²) in [5.74, 6) is -0.590. The van der Waals surface area contributed by atoms with Crippen molar-refractivity contribution in [3.8, 4) is 5.75 Å². The molecule has 27 heavy (non-hydrogen) atoms. The Morgan fingerprint density at radius 2 is 1.96 bits per heavy atom. The number of benzene rings is 1. The van der Waals surface area contributed by atoms with Gasteiger partial charge in [-0.05, 0) is 34.1 Å². The number of rotatable bonds is 6. The zero-order valence-corrected chi connectivity index (χ0v) is 17.3. The van der Waals surface area contributed by atoms with Crippen LogP contribution in [0.5, 0.6) is 5.75 Å². The van der Waals surface area contributed by atoms with E-state index in [9.17, 15) is 14.7 Å². The summed E-state index contributed by atoms with van der Waals surface area (Å²) in [6.07, 6.45) is 1.89. The Balaban J connectivity index is 2.32. The third-order valence-electron chi connectivity index (χ3n) is 4.55. The summed E-state index contributed by atoms with van der Waals surface area (Å²) in [5.41, 5.74) is 1.17. The van der Waals surface area contributed by atoms with Gasteiger partial charge in [-0.2, -0.15) is 0 Å². The lowest BCUT2D eigenvalue weighted by molar-refractivity contribution is -0.138. The Hall–Kier alpha value is -2.01. The molecule has 6 heteroatoms. The fourth-order valence-corrected chi connectivity index (χ4v) is 3.45. The van der Waals surface area contributed by atoms with Crippen LogP contribution in [0.4, 0.5) is 0 Å². The van der Waals surface area contributed by atoms with Gasteiger partial charge in [0.15, 0.2) is 0 Å². The summed E-state index contributed by atoms with van der Waals surface area (Å²) in [5, 5.41) is 12.4. The molecule has 0 fully saturated rings. The molecular formula is C21H28ClNO4. The van der Waals surface area contributed by atoms with Crippen molar-refractivity contribution in [2.75, 3.05) is 6.61 Å². The van der Waals surface area contributed by atoms with Crippen LogP contribution in [0.15, 0.2) is 30.0 Å². The topological polar surface area (TPSA) is 75.6 Å². The lowest BCUT2D eigenvalue weighted by Gasteiger charge is -2.35. The number of halogens is 1. The van der Waals surface area contributed by atoms with E-state index in [2.05, 4.69) is 26.1 Å². The smallest absolute Gasteiger partial charge is 0.304 e. The molecule has 2 rings (SSSR count). The Kier molecular flexibility index (Phi) is 6.25. The zero-order chi connectivity index (χ0) is 20.4. The number of hydrogen-bond donors (Lipinski definition) is 2. The molecule has 1 atom stereocenters. The Labute approximate surface area is 165 Å². The molecule has 5 nitrogen and oxygen atoms in total. The van der Waals surface area contributed by atoms with Gasteiger partial charge >= 0.3 is 5.97 Å². The van der Waals surface area contributed by atoms with E-state index >= 15 is 0 Å². The highest BCUT2D eigenvalue weighted by Crippen LogP contribution is 2.44. The summed E-state index contributed by atoms with van der Waals surface area (Å²) in [6.45, 7) is 10.5. The van der Waals surface area contributed by atoms with Gasteiger partial charge in [0.1, 0.15) is 5.75 Å². The van der Waals surface area contributed by atoms with Crippen LogP contribution in [0, 0.1) is 10.8 Å². The van der Waals surface area contributed by atoms with Crippen LogP contribution in [-0.4, -0.2) is 23.6 Å². The van der Waals surface area contributed by atoms with Gasteiger partial charge in [-0.3, -0.25) is 9.59 Å². The van der Waals surface area contributed by atoms with Crippen molar-refractivity contribution in [1.82, 2.24) is 5.32 Å². The minimum Gasteiger partial charge on any atom is -0.491 e. The van der Waals surface area contributed by atoms with Gasteiger partial charge in [0.25, 0.3) is 0 Å². The average molecular weight is 394 g/mol. The van der Waals surface area contributed by atoms with Crippen molar-refractivity contribution in [1.29, 1.82) is 0 Å². The molecule has 1 aliphatic heterocycles. The van der Waals surface area contributed by atoms with E-state index in [4.69, 9.17) is 16.3 Å². The molecule has 2 N–H and O–H groups in total. The first kappa shape index (κ1) is 21.3. The van der Waals surface area contributed by atoms with Crippen LogP contribution < -0.4 is 10.1 Å². The van der Waals surface area contributed by atoms with E-state index in [-0.39, 0.29) is 30.1 Å². The van der Waals surface area contributed by atoms with Gasteiger partial charge in [-0.25, -0.2) is 0 Å². The summed E-state index contributed by atoms with van der Waals surface area (Å²) in [7, 11) is 0. The van der Waals surface area contributed by atoms with Crippen molar-refractivity contribution in [3.05, 3.63) is 40.6 Å². The standard InChI is InChI=1S/C21H28ClNO4/c1-20(2,3)12-27-17-7-6-13(8-16(17)22)14-9-18(24)23-11-15(14)21(4,5)10-19(25)26/h6-8,11,14H,9-10,12H2,1-5H3,(H,23,24)(H,25,26). The Morgan fingerprint density at radius 3 is 2.52 bits per heavy atom. The van der Waals surface area contributed by atoms with Gasteiger partial charge in [0.05, 0.1) is 18.1 Å². The first-order valence-corrected chi connectivity index (χ1v) is 9.41. The first-order chi connectivity index (χ1) is 12.4. The van der Waals surface area contributed by atoms with E-state index in [1.165, 1.54) is 0 Å². The number of nitrogens with one attached hydrogen (secondary N) is 1. The third-order valence-corrected chi connectivity index (χ3v) is 4.84. The molecule has 0 aromatic heterocycles. The zero-order valence-electron chi connectivity index (χ0n) is 16.6. The molecule has 0 saturated heterocycles. The van der Waals surface area contributed by atoms with Crippen LogP contribution in [0.2, 0.25) is 5.02 Å². The molecule has 0 bridgehead atoms. The van der Waals surface area contributed by atoms with E-state index in [1.807, 2.05) is 32.0 Å². The van der Waals surface area contributed by atoms with Crippen molar-refractivity contribution >= 4 is 23.5 Å². The number of carboxylic acid groups (broad SMARTS) is 1. The molecule has 148 valence electrons. The minimum absolute atomic E-state index is 0.0141. The molecule has 1 aromatic rings. The monoisotopic (exact) mass is 393 g/mol. The second-order valence-electron chi connectivity index (χ2n) is 8.92. The molecule has 1 amide bonds. The average Bonchev–Trinajstić information content (AvgIpc) is 2.51. The lowest BCUT2D eigenvalue weighted by Crippen LogP contribution is -2.33. The summed E-state index contributed by atoms with van der Waals surface area (Å²) < 4.78 is 5.81. The van der Waals surface area contributed by atoms with Crippen LogP contribution in [-0.2, 0) is 9.59 Å². The minimum atomic E-state index is -0.875. The quantitative estimate of drug-likeness (QED) is 0.731. The van der Waals surface area contributed by atoms with Crippen molar-refractivity contribution in [3.63, 3.8) is 0 Å². The van der Waals surface area contributed by atoms with E-state index in [0.29, 0.717) is 17.4 Å². The summed E-state index contributed by atoms with van der Waals surface area (Å²) >= 11 is 6.42. The SMILES string of the molecule is CC(C)(C)COc1ccc(C2CC(=O)NC=C2C(C)(C)CC(=O)O)cc1Cl. The summed E-state index contributed by atoms with van der Waals surface area (Å²) in [4.78, 5) is 23.2. The van der Waals surface area contributed by atoms with Crippen molar-refractivity contribution < 1.29 is 19.4 Å². The molecule has 0 radical (unpaired) electrons. The Morgan fingerprint density at radius 1 is 1.30 bits per heavy atom. The number of carboxylic acids is 1. The maximum Gasteiger partial charge on any atom is 0.304 e. The van der Waals surface area contributed by atoms with Gasteiger partial charge in [-0.1, -0.05) is 52.3 Å². The highest BCUT2D eigenvalue weighted by Gasteiger charge is 2.36. The van der Waals surface area contributed by atoms with Crippen molar-refractivity contribution in [2.45, 2.75) is 53.4 Å². The highest BCUT2D eigenvalue weighted by atomic mass is 35.5. The molecule has 1 heterocycles. The second-order valence-corrected chi connectivity index (χ2v) is 9.32. The maximum absolute atomic E-state index is 12.0. The number of carbonyl (C=O) groups excluding carboxylic acids is 1. The third kappa shape index (κ3) is 5.73. The first-order valence-electron chi connectivity index (χ1n) is 9.03. The van der Waals surface area contributed by atoms with Gasteiger partial charge in [0.2, 0.25) is 5.91 Å². The second kappa shape index (κ2) is 7.93. The molecule has 1 aromatic carbocycles. The van der Waals surface area contributed by atoms with E-state index < -0.39 is 11.4 Å². The van der Waals surface area contributed by atoms with Gasteiger partial charge in [-0.15, -0.1) is 0 Å².